The Kier molecular flexibility index (Phi) is 3.73. The maximum atomic E-state index is 11.4. The Morgan fingerprint density at radius 3 is 2.60 bits per heavy atom. The van der Waals surface area contributed by atoms with Crippen molar-refractivity contribution < 1.29 is 8.42 Å². The summed E-state index contributed by atoms with van der Waals surface area (Å²) >= 11 is 0. The molecule has 0 unspecified atom stereocenters. The lowest BCUT2D eigenvalue weighted by Crippen LogP contribution is -2.17. The molecule has 0 spiro atoms. The third kappa shape index (κ3) is 3.23. The maximum Gasteiger partial charge on any atom is 0.152 e. The van der Waals surface area contributed by atoms with Crippen molar-refractivity contribution in [1.29, 1.82) is 0 Å². The molecular formula is C9H17N3O2S. The minimum absolute atomic E-state index is 0.128. The topological polar surface area (TPSA) is 78.0 Å². The molecule has 0 bridgehead atoms. The van der Waals surface area contributed by atoms with Gasteiger partial charge in [-0.25, -0.2) is 8.42 Å². The van der Waals surface area contributed by atoms with Crippen molar-refractivity contribution in [2.24, 2.45) is 0 Å². The molecule has 1 heterocycles. The van der Waals surface area contributed by atoms with Crippen LogP contribution in [0.2, 0.25) is 0 Å². The van der Waals surface area contributed by atoms with Crippen molar-refractivity contribution in [3.05, 3.63) is 11.9 Å². The van der Waals surface area contributed by atoms with Crippen LogP contribution in [-0.4, -0.2) is 29.7 Å². The first-order valence-corrected chi connectivity index (χ1v) is 6.76. The van der Waals surface area contributed by atoms with E-state index in [9.17, 15) is 8.42 Å². The third-order valence-electron chi connectivity index (χ3n) is 2.27. The molecule has 1 aromatic heterocycles. The number of nitrogen functional groups attached to an aromatic ring is 1. The lowest BCUT2D eigenvalue weighted by atomic mass is 10.4. The number of nitrogens with zero attached hydrogens (tertiary/aromatic N) is 2. The summed E-state index contributed by atoms with van der Waals surface area (Å²) in [5.74, 6) is 0.367. The summed E-state index contributed by atoms with van der Waals surface area (Å²) < 4.78 is 24.5. The normalized spacial score (nSPS) is 11.9. The largest absolute Gasteiger partial charge is 0.396 e. The molecule has 5 nitrogen and oxygen atoms in total. The van der Waals surface area contributed by atoms with E-state index in [2.05, 4.69) is 5.10 Å². The Bertz CT molecular complexity index is 423. The number of anilines is 1. The second-order valence-electron chi connectivity index (χ2n) is 3.56. The predicted octanol–water partition coefficient (Wildman–Crippen LogP) is 0.599. The fraction of sp³-hybridized carbons (Fsp3) is 0.667. The molecule has 2 N–H and O–H groups in total. The highest BCUT2D eigenvalue weighted by atomic mass is 32.2. The van der Waals surface area contributed by atoms with E-state index < -0.39 is 9.84 Å². The van der Waals surface area contributed by atoms with Crippen molar-refractivity contribution in [2.75, 3.05) is 17.2 Å². The molecule has 0 radical (unpaired) electrons. The fourth-order valence-corrected chi connectivity index (χ4v) is 2.60. The second-order valence-corrected chi connectivity index (χ2v) is 5.86. The minimum Gasteiger partial charge on any atom is -0.396 e. The molecule has 6 heteroatoms. The summed E-state index contributed by atoms with van der Waals surface area (Å²) in [5.41, 5.74) is 7.03. The van der Waals surface area contributed by atoms with E-state index >= 15 is 0 Å². The van der Waals surface area contributed by atoms with E-state index in [0.29, 0.717) is 18.7 Å². The molecule has 0 saturated heterocycles. The first-order chi connectivity index (χ1) is 6.96. The molecule has 0 atom stereocenters. The van der Waals surface area contributed by atoms with Gasteiger partial charge in [-0.3, -0.25) is 4.68 Å². The molecule has 0 aromatic carbocycles. The fourth-order valence-electron chi connectivity index (χ4n) is 1.32. The molecule has 0 aliphatic carbocycles. The van der Waals surface area contributed by atoms with Gasteiger partial charge in [-0.05, 0) is 13.3 Å². The van der Waals surface area contributed by atoms with Gasteiger partial charge >= 0.3 is 0 Å². The highest BCUT2D eigenvalue weighted by Crippen LogP contribution is 2.08. The molecular weight excluding hydrogens is 214 g/mol. The minimum atomic E-state index is -2.94. The highest BCUT2D eigenvalue weighted by Gasteiger charge is 2.11. The van der Waals surface area contributed by atoms with E-state index in [-0.39, 0.29) is 11.5 Å². The lowest BCUT2D eigenvalue weighted by Gasteiger charge is -2.05. The van der Waals surface area contributed by atoms with Crippen molar-refractivity contribution in [2.45, 2.75) is 26.8 Å². The molecule has 1 aromatic rings. The van der Waals surface area contributed by atoms with Gasteiger partial charge in [0.1, 0.15) is 0 Å². The van der Waals surface area contributed by atoms with E-state index in [1.807, 2.05) is 13.8 Å². The van der Waals surface area contributed by atoms with Crippen LogP contribution in [0.4, 0.5) is 5.69 Å². The summed E-state index contributed by atoms with van der Waals surface area (Å²) in [6.07, 6.45) is 2.20. The molecule has 0 saturated carbocycles. The number of hydrogen-bond donors (Lipinski definition) is 1. The molecule has 0 aliphatic rings. The Morgan fingerprint density at radius 2 is 2.13 bits per heavy atom. The van der Waals surface area contributed by atoms with Crippen LogP contribution in [0.1, 0.15) is 19.0 Å². The number of aromatic nitrogens is 2. The van der Waals surface area contributed by atoms with Crippen molar-refractivity contribution >= 4 is 15.5 Å². The summed E-state index contributed by atoms with van der Waals surface area (Å²) in [7, 11) is -2.94. The second kappa shape index (κ2) is 4.65. The monoisotopic (exact) mass is 231 g/mol. The van der Waals surface area contributed by atoms with E-state index in [1.165, 1.54) is 0 Å². The summed E-state index contributed by atoms with van der Waals surface area (Å²) in [6, 6.07) is 0. The zero-order valence-electron chi connectivity index (χ0n) is 9.10. The van der Waals surface area contributed by atoms with Crippen LogP contribution >= 0.6 is 0 Å². The predicted molar refractivity (Wildman–Crippen MR) is 60.3 cm³/mol. The first kappa shape index (κ1) is 12.0. The van der Waals surface area contributed by atoms with Gasteiger partial charge in [-0.2, -0.15) is 5.10 Å². The smallest absolute Gasteiger partial charge is 0.152 e. The zero-order chi connectivity index (χ0) is 11.5. The van der Waals surface area contributed by atoms with Crippen LogP contribution in [0.25, 0.3) is 0 Å². The van der Waals surface area contributed by atoms with Gasteiger partial charge in [0.15, 0.2) is 9.84 Å². The van der Waals surface area contributed by atoms with Crippen LogP contribution in [0.3, 0.4) is 0 Å². The molecule has 0 amide bonds. The van der Waals surface area contributed by atoms with Crippen LogP contribution in [0, 0.1) is 6.92 Å². The third-order valence-corrected chi connectivity index (χ3v) is 4.11. The zero-order valence-corrected chi connectivity index (χ0v) is 9.92. The van der Waals surface area contributed by atoms with Crippen molar-refractivity contribution in [3.8, 4) is 0 Å². The average molecular weight is 231 g/mol. The Labute approximate surface area is 90.2 Å². The molecule has 86 valence electrons. The van der Waals surface area contributed by atoms with Gasteiger partial charge < -0.3 is 5.73 Å². The lowest BCUT2D eigenvalue weighted by molar-refractivity contribution is 0.576. The summed E-state index contributed by atoms with van der Waals surface area (Å²) in [4.78, 5) is 0. The van der Waals surface area contributed by atoms with Gasteiger partial charge in [0.05, 0.1) is 29.9 Å². The highest BCUT2D eigenvalue weighted by molar-refractivity contribution is 7.91. The SMILES string of the molecule is CCCS(=O)(=O)CCn1ncc(N)c1C. The first-order valence-electron chi connectivity index (χ1n) is 4.94. The molecule has 0 aliphatic heterocycles. The number of hydrogen-bond acceptors (Lipinski definition) is 4. The quantitative estimate of drug-likeness (QED) is 0.805. The van der Waals surface area contributed by atoms with Crippen molar-refractivity contribution in [3.63, 3.8) is 0 Å². The maximum absolute atomic E-state index is 11.4. The number of aryl methyl sites for hydroxylation is 1. The van der Waals surface area contributed by atoms with E-state index in [1.54, 1.807) is 10.9 Å². The summed E-state index contributed by atoms with van der Waals surface area (Å²) in [5, 5.41) is 4.01. The van der Waals surface area contributed by atoms with Crippen molar-refractivity contribution in [1.82, 2.24) is 9.78 Å². The van der Waals surface area contributed by atoms with Crippen LogP contribution in [0.15, 0.2) is 6.20 Å². The number of rotatable bonds is 5. The van der Waals surface area contributed by atoms with Gasteiger partial charge in [0.25, 0.3) is 0 Å². The average Bonchev–Trinajstić information content (AvgIpc) is 2.45. The number of sulfone groups is 1. The van der Waals surface area contributed by atoms with Gasteiger partial charge in [-0.1, -0.05) is 6.92 Å². The van der Waals surface area contributed by atoms with Crippen LogP contribution in [0.5, 0.6) is 0 Å². The Morgan fingerprint density at radius 1 is 1.47 bits per heavy atom. The summed E-state index contributed by atoms with van der Waals surface area (Å²) in [6.45, 7) is 4.06. The standard InChI is InChI=1S/C9H17N3O2S/c1-3-5-15(13,14)6-4-12-8(2)9(10)7-11-12/h7H,3-6,10H2,1-2H3. The van der Waals surface area contributed by atoms with E-state index in [0.717, 1.165) is 5.69 Å². The van der Waals surface area contributed by atoms with Gasteiger partial charge in [0.2, 0.25) is 0 Å². The molecule has 0 fully saturated rings. The Balaban J connectivity index is 2.62. The Hall–Kier alpha value is -1.04. The van der Waals surface area contributed by atoms with E-state index in [4.69, 9.17) is 5.73 Å². The van der Waals surface area contributed by atoms with Gasteiger partial charge in [0, 0.05) is 5.75 Å². The molecule has 15 heavy (non-hydrogen) atoms. The van der Waals surface area contributed by atoms with Crippen LogP contribution in [-0.2, 0) is 16.4 Å². The van der Waals surface area contributed by atoms with Crippen LogP contribution < -0.4 is 5.73 Å². The molecule has 1 rings (SSSR count). The number of nitrogens with two attached hydrogens (primary N) is 1. The van der Waals surface area contributed by atoms with Gasteiger partial charge in [-0.15, -0.1) is 0 Å².